The van der Waals surface area contributed by atoms with Crippen LogP contribution in [0.5, 0.6) is 0 Å². The number of nitrogens with one attached hydrogen (secondary N) is 1. The fourth-order valence-corrected chi connectivity index (χ4v) is 1.48. The predicted octanol–water partition coefficient (Wildman–Crippen LogP) is 2.17. The van der Waals surface area contributed by atoms with Crippen LogP contribution in [0, 0.1) is 5.82 Å². The molecule has 1 aromatic rings. The molecule has 0 aromatic heterocycles. The lowest BCUT2D eigenvalue weighted by Gasteiger charge is -2.13. The minimum atomic E-state index is -1.34. The van der Waals surface area contributed by atoms with Crippen molar-refractivity contribution in [3.63, 3.8) is 0 Å². The largest absolute Gasteiger partial charge is 0.480 e. The summed E-state index contributed by atoms with van der Waals surface area (Å²) in [5.41, 5.74) is -0.278. The Morgan fingerprint density at radius 1 is 1.41 bits per heavy atom. The van der Waals surface area contributed by atoms with Crippen LogP contribution in [-0.4, -0.2) is 28.2 Å². The second-order valence-electron chi connectivity index (χ2n) is 3.32. The van der Waals surface area contributed by atoms with E-state index in [1.54, 1.807) is 0 Å². The van der Waals surface area contributed by atoms with Crippen LogP contribution in [0.25, 0.3) is 0 Å². The van der Waals surface area contributed by atoms with Gasteiger partial charge in [0.1, 0.15) is 11.9 Å². The summed E-state index contributed by atoms with van der Waals surface area (Å²) in [5, 5.41) is 20.0. The van der Waals surface area contributed by atoms with Crippen molar-refractivity contribution in [1.29, 1.82) is 0 Å². The Kier molecular flexibility index (Phi) is 4.06. The molecule has 0 aliphatic rings. The molecule has 0 spiro atoms. The summed E-state index contributed by atoms with van der Waals surface area (Å²) in [7, 11) is 0. The highest BCUT2D eigenvalue weighted by atomic mass is 79.9. The molecule has 0 radical (unpaired) electrons. The van der Waals surface area contributed by atoms with Crippen molar-refractivity contribution in [3.8, 4) is 0 Å². The van der Waals surface area contributed by atoms with E-state index in [2.05, 4.69) is 21.2 Å². The summed E-state index contributed by atoms with van der Waals surface area (Å²) >= 11 is 2.90. The average molecular weight is 306 g/mol. The van der Waals surface area contributed by atoms with E-state index in [0.29, 0.717) is 0 Å². The Labute approximate surface area is 104 Å². The first-order valence-electron chi connectivity index (χ1n) is 4.54. The van der Waals surface area contributed by atoms with E-state index in [0.717, 1.165) is 6.07 Å². The number of rotatable bonds is 4. The van der Waals surface area contributed by atoms with Gasteiger partial charge in [-0.15, -0.1) is 0 Å². The zero-order valence-electron chi connectivity index (χ0n) is 8.70. The van der Waals surface area contributed by atoms with Gasteiger partial charge in [0, 0.05) is 0 Å². The van der Waals surface area contributed by atoms with Crippen LogP contribution < -0.4 is 5.32 Å². The molecule has 1 unspecified atom stereocenters. The maximum absolute atomic E-state index is 13.2. The number of carboxylic acid groups (broad SMARTS) is 2. The fraction of sp³-hybridized carbons (Fsp3) is 0.200. The molecule has 5 nitrogen and oxygen atoms in total. The van der Waals surface area contributed by atoms with Gasteiger partial charge in [0.2, 0.25) is 0 Å². The highest BCUT2D eigenvalue weighted by molar-refractivity contribution is 9.10. The molecule has 0 saturated carbocycles. The summed E-state index contributed by atoms with van der Waals surface area (Å²) < 4.78 is 13.2. The van der Waals surface area contributed by atoms with E-state index in [-0.39, 0.29) is 15.7 Å². The molecule has 7 heteroatoms. The van der Waals surface area contributed by atoms with E-state index in [4.69, 9.17) is 10.2 Å². The van der Waals surface area contributed by atoms with Gasteiger partial charge in [-0.3, -0.25) is 4.79 Å². The molecule has 0 aliphatic heterocycles. The molecule has 0 bridgehead atoms. The van der Waals surface area contributed by atoms with Crippen molar-refractivity contribution in [3.05, 3.63) is 28.0 Å². The number of anilines is 1. The molecular weight excluding hydrogens is 297 g/mol. The van der Waals surface area contributed by atoms with Crippen molar-refractivity contribution < 1.29 is 24.2 Å². The number of aromatic carboxylic acids is 1. The Balaban J connectivity index is 3.17. The highest BCUT2D eigenvalue weighted by Gasteiger charge is 2.18. The highest BCUT2D eigenvalue weighted by Crippen LogP contribution is 2.25. The van der Waals surface area contributed by atoms with Gasteiger partial charge in [-0.1, -0.05) is 0 Å². The predicted molar refractivity (Wildman–Crippen MR) is 61.8 cm³/mol. The molecule has 0 saturated heterocycles. The Morgan fingerprint density at radius 2 is 2.00 bits per heavy atom. The lowest BCUT2D eigenvalue weighted by atomic mass is 10.1. The van der Waals surface area contributed by atoms with Gasteiger partial charge in [0.15, 0.2) is 0 Å². The van der Waals surface area contributed by atoms with Crippen LogP contribution in [0.4, 0.5) is 10.1 Å². The molecule has 1 aromatic carbocycles. The molecule has 1 rings (SSSR count). The Bertz CT molecular complexity index is 478. The van der Waals surface area contributed by atoms with E-state index in [1.165, 1.54) is 13.0 Å². The van der Waals surface area contributed by atoms with Crippen LogP contribution in [0.15, 0.2) is 16.6 Å². The molecule has 0 heterocycles. The van der Waals surface area contributed by atoms with Crippen molar-refractivity contribution in [2.75, 3.05) is 5.32 Å². The lowest BCUT2D eigenvalue weighted by Crippen LogP contribution is -2.26. The second kappa shape index (κ2) is 5.13. The second-order valence-corrected chi connectivity index (χ2v) is 4.18. The van der Waals surface area contributed by atoms with E-state index < -0.39 is 23.8 Å². The van der Waals surface area contributed by atoms with Gasteiger partial charge in [0.05, 0.1) is 15.7 Å². The van der Waals surface area contributed by atoms with Crippen LogP contribution in [0.2, 0.25) is 0 Å². The molecule has 92 valence electrons. The molecule has 0 amide bonds. The Morgan fingerprint density at radius 3 is 2.47 bits per heavy atom. The molecule has 0 fully saturated rings. The monoisotopic (exact) mass is 305 g/mol. The molecule has 0 aliphatic carbocycles. The van der Waals surface area contributed by atoms with Crippen LogP contribution in [0.3, 0.4) is 0 Å². The maximum Gasteiger partial charge on any atom is 0.337 e. The summed E-state index contributed by atoms with van der Waals surface area (Å²) in [6.45, 7) is 1.35. The number of aliphatic carboxylic acids is 1. The lowest BCUT2D eigenvalue weighted by molar-refractivity contribution is -0.137. The van der Waals surface area contributed by atoms with Crippen molar-refractivity contribution >= 4 is 33.6 Å². The number of benzene rings is 1. The number of halogens is 2. The van der Waals surface area contributed by atoms with Gasteiger partial charge in [-0.2, -0.15) is 0 Å². The SMILES string of the molecule is CC(Nc1cc(Br)c(F)cc1C(=O)O)C(=O)O. The average Bonchev–Trinajstić information content (AvgIpc) is 2.22. The third-order valence-electron chi connectivity index (χ3n) is 2.03. The number of hydrogen-bond acceptors (Lipinski definition) is 3. The standard InChI is InChI=1S/C10H9BrFNO4/c1-4(9(14)15)13-8-3-6(11)7(12)2-5(8)10(16)17/h2-4,13H,1H3,(H,14,15)(H,16,17). The van der Waals surface area contributed by atoms with Gasteiger partial charge >= 0.3 is 11.9 Å². The zero-order chi connectivity index (χ0) is 13.2. The normalized spacial score (nSPS) is 11.9. The Hall–Kier alpha value is -1.63. The summed E-state index contributed by atoms with van der Waals surface area (Å²) in [6, 6.07) is 1.03. The minimum Gasteiger partial charge on any atom is -0.480 e. The zero-order valence-corrected chi connectivity index (χ0v) is 10.3. The van der Waals surface area contributed by atoms with Gasteiger partial charge in [0.25, 0.3) is 0 Å². The van der Waals surface area contributed by atoms with Crippen molar-refractivity contribution in [2.24, 2.45) is 0 Å². The van der Waals surface area contributed by atoms with E-state index in [9.17, 15) is 14.0 Å². The van der Waals surface area contributed by atoms with Crippen LogP contribution in [-0.2, 0) is 4.79 Å². The molecule has 3 N–H and O–H groups in total. The maximum atomic E-state index is 13.2. The smallest absolute Gasteiger partial charge is 0.337 e. The number of carboxylic acids is 2. The first kappa shape index (κ1) is 13.4. The molecule has 17 heavy (non-hydrogen) atoms. The van der Waals surface area contributed by atoms with Crippen LogP contribution >= 0.6 is 15.9 Å². The third kappa shape index (κ3) is 3.16. The summed E-state index contributed by atoms with van der Waals surface area (Å²) in [6.07, 6.45) is 0. The quantitative estimate of drug-likeness (QED) is 0.793. The number of carbonyl (C=O) groups is 2. The summed E-state index contributed by atoms with van der Waals surface area (Å²) in [5.74, 6) is -3.20. The van der Waals surface area contributed by atoms with Crippen LogP contribution in [0.1, 0.15) is 17.3 Å². The van der Waals surface area contributed by atoms with E-state index in [1.807, 2.05) is 0 Å². The third-order valence-corrected chi connectivity index (χ3v) is 2.64. The van der Waals surface area contributed by atoms with Gasteiger partial charge < -0.3 is 15.5 Å². The minimum absolute atomic E-state index is 0.0423. The van der Waals surface area contributed by atoms with Gasteiger partial charge in [-0.05, 0) is 35.0 Å². The fourth-order valence-electron chi connectivity index (χ4n) is 1.14. The first-order valence-corrected chi connectivity index (χ1v) is 5.34. The van der Waals surface area contributed by atoms with Crippen molar-refractivity contribution in [1.82, 2.24) is 0 Å². The van der Waals surface area contributed by atoms with Gasteiger partial charge in [-0.25, -0.2) is 9.18 Å². The molecule has 1 atom stereocenters. The van der Waals surface area contributed by atoms with Crippen molar-refractivity contribution in [2.45, 2.75) is 13.0 Å². The summed E-state index contributed by atoms with van der Waals surface area (Å²) in [4.78, 5) is 21.5. The van der Waals surface area contributed by atoms with E-state index >= 15 is 0 Å². The topological polar surface area (TPSA) is 86.6 Å². The number of hydrogen-bond donors (Lipinski definition) is 3. The molecular formula is C10H9BrFNO4. The first-order chi connectivity index (χ1) is 7.82.